The number of rotatable bonds is 19. The Labute approximate surface area is 180 Å². The minimum absolute atomic E-state index is 0.108. The summed E-state index contributed by atoms with van der Waals surface area (Å²) >= 11 is 0. The summed E-state index contributed by atoms with van der Waals surface area (Å²) < 4.78 is 23.6. The molecule has 0 spiro atoms. The lowest BCUT2D eigenvalue weighted by Crippen LogP contribution is -2.47. The van der Waals surface area contributed by atoms with Crippen LogP contribution in [0.2, 0.25) is 0 Å². The number of nitrogens with zero attached hydrogens (tertiary/aromatic N) is 1. The standard InChI is InChI=1S/C23H48NO4P/c1-7-13-15-17-21(9-3)24(22(10-4)18-16-14-8-2)23(25)19-20-29(26,27-11-5)28-12-6/h21-22H,7-20H2,1-6H3. The molecule has 2 atom stereocenters. The molecule has 0 aliphatic heterocycles. The highest BCUT2D eigenvalue weighted by Gasteiger charge is 2.31. The number of hydrogen-bond donors (Lipinski definition) is 0. The summed E-state index contributed by atoms with van der Waals surface area (Å²) in [5, 5.41) is 0. The van der Waals surface area contributed by atoms with E-state index >= 15 is 0 Å². The van der Waals surface area contributed by atoms with Crippen molar-refractivity contribution in [2.45, 2.75) is 124 Å². The second kappa shape index (κ2) is 17.3. The molecule has 0 aromatic carbocycles. The summed E-state index contributed by atoms with van der Waals surface area (Å²) in [4.78, 5) is 15.5. The highest BCUT2D eigenvalue weighted by Crippen LogP contribution is 2.48. The van der Waals surface area contributed by atoms with E-state index in [1.807, 2.05) is 13.8 Å². The fourth-order valence-electron chi connectivity index (χ4n) is 3.97. The molecule has 0 rings (SSSR count). The zero-order chi connectivity index (χ0) is 22.1. The number of unbranched alkanes of at least 4 members (excludes halogenated alkanes) is 4. The Morgan fingerprint density at radius 3 is 1.59 bits per heavy atom. The molecule has 0 fully saturated rings. The molecule has 1 amide bonds. The molecule has 6 heteroatoms. The predicted octanol–water partition coefficient (Wildman–Crippen LogP) is 7.19. The fourth-order valence-corrected chi connectivity index (χ4v) is 5.55. The Kier molecular flexibility index (Phi) is 17.1. The number of hydrogen-bond acceptors (Lipinski definition) is 4. The van der Waals surface area contributed by atoms with Gasteiger partial charge in [-0.1, -0.05) is 66.2 Å². The maximum Gasteiger partial charge on any atom is 0.331 e. The van der Waals surface area contributed by atoms with Crippen LogP contribution in [0.4, 0.5) is 0 Å². The molecule has 0 heterocycles. The van der Waals surface area contributed by atoms with Crippen molar-refractivity contribution in [2.24, 2.45) is 0 Å². The Morgan fingerprint density at radius 2 is 1.24 bits per heavy atom. The van der Waals surface area contributed by atoms with Gasteiger partial charge in [0, 0.05) is 18.5 Å². The van der Waals surface area contributed by atoms with E-state index in [1.165, 1.54) is 25.7 Å². The largest absolute Gasteiger partial charge is 0.337 e. The number of carbonyl (C=O) groups excluding carboxylic acids is 1. The van der Waals surface area contributed by atoms with Crippen LogP contribution in [0.5, 0.6) is 0 Å². The van der Waals surface area contributed by atoms with Crippen molar-refractivity contribution in [3.05, 3.63) is 0 Å². The highest BCUT2D eigenvalue weighted by molar-refractivity contribution is 7.53. The van der Waals surface area contributed by atoms with Crippen molar-refractivity contribution in [1.29, 1.82) is 0 Å². The molecule has 0 aromatic heterocycles. The summed E-state index contributed by atoms with van der Waals surface area (Å²) in [6.07, 6.45) is 11.5. The molecule has 0 aliphatic rings. The Balaban J connectivity index is 5.34. The van der Waals surface area contributed by atoms with Gasteiger partial charge in [-0.15, -0.1) is 0 Å². The molecule has 0 saturated carbocycles. The van der Waals surface area contributed by atoms with Crippen LogP contribution >= 0.6 is 7.60 Å². The molecule has 0 saturated heterocycles. The lowest BCUT2D eigenvalue weighted by molar-refractivity contribution is -0.136. The van der Waals surface area contributed by atoms with Gasteiger partial charge in [0.1, 0.15) is 0 Å². The predicted molar refractivity (Wildman–Crippen MR) is 124 cm³/mol. The topological polar surface area (TPSA) is 55.8 Å². The van der Waals surface area contributed by atoms with E-state index in [-0.39, 0.29) is 30.6 Å². The molecule has 0 bridgehead atoms. The first kappa shape index (κ1) is 28.6. The minimum atomic E-state index is -3.19. The number of carbonyl (C=O) groups is 1. The van der Waals surface area contributed by atoms with Crippen LogP contribution in [0.1, 0.15) is 112 Å². The third-order valence-electron chi connectivity index (χ3n) is 5.55. The van der Waals surface area contributed by atoms with Crippen LogP contribution < -0.4 is 0 Å². The van der Waals surface area contributed by atoms with Gasteiger partial charge in [0.15, 0.2) is 0 Å². The molecule has 174 valence electrons. The lowest BCUT2D eigenvalue weighted by atomic mass is 9.97. The summed E-state index contributed by atoms with van der Waals surface area (Å²) in [5.41, 5.74) is 0. The van der Waals surface area contributed by atoms with Crippen LogP contribution in [0, 0.1) is 0 Å². The lowest BCUT2D eigenvalue weighted by Gasteiger charge is -2.38. The summed E-state index contributed by atoms with van der Waals surface area (Å²) in [7, 11) is -3.19. The molecule has 5 nitrogen and oxygen atoms in total. The monoisotopic (exact) mass is 433 g/mol. The maximum absolute atomic E-state index is 13.4. The molecule has 29 heavy (non-hydrogen) atoms. The second-order valence-electron chi connectivity index (χ2n) is 7.84. The maximum atomic E-state index is 13.4. The smallest absolute Gasteiger partial charge is 0.331 e. The van der Waals surface area contributed by atoms with Gasteiger partial charge < -0.3 is 13.9 Å². The van der Waals surface area contributed by atoms with Crippen LogP contribution in [0.25, 0.3) is 0 Å². The first-order chi connectivity index (χ1) is 13.9. The quantitative estimate of drug-likeness (QED) is 0.160. The van der Waals surface area contributed by atoms with Gasteiger partial charge in [0.2, 0.25) is 5.91 Å². The van der Waals surface area contributed by atoms with Gasteiger partial charge in [-0.25, -0.2) is 0 Å². The van der Waals surface area contributed by atoms with Crippen LogP contribution in [0.15, 0.2) is 0 Å². The molecular formula is C23H48NO4P. The van der Waals surface area contributed by atoms with Crippen molar-refractivity contribution in [3.8, 4) is 0 Å². The van der Waals surface area contributed by atoms with E-state index in [0.717, 1.165) is 38.5 Å². The number of amides is 1. The van der Waals surface area contributed by atoms with Gasteiger partial charge in [-0.3, -0.25) is 9.36 Å². The first-order valence-electron chi connectivity index (χ1n) is 12.1. The summed E-state index contributed by atoms with van der Waals surface area (Å²) in [6, 6.07) is 0.526. The van der Waals surface area contributed by atoms with Gasteiger partial charge >= 0.3 is 7.60 Å². The van der Waals surface area contributed by atoms with Crippen LogP contribution in [0.3, 0.4) is 0 Å². The van der Waals surface area contributed by atoms with Crippen molar-refractivity contribution >= 4 is 13.5 Å². The molecule has 0 radical (unpaired) electrons. The molecule has 0 N–H and O–H groups in total. The summed E-state index contributed by atoms with van der Waals surface area (Å²) in [5.74, 6) is 0.108. The van der Waals surface area contributed by atoms with Gasteiger partial charge in [0.25, 0.3) is 0 Å². The van der Waals surface area contributed by atoms with Gasteiger partial charge in [-0.05, 0) is 39.5 Å². The molecule has 0 aliphatic carbocycles. The van der Waals surface area contributed by atoms with E-state index in [1.54, 1.807) is 0 Å². The third-order valence-corrected chi connectivity index (χ3v) is 7.62. The average molecular weight is 434 g/mol. The Morgan fingerprint density at radius 1 is 0.793 bits per heavy atom. The highest BCUT2D eigenvalue weighted by atomic mass is 31.2. The van der Waals surface area contributed by atoms with E-state index in [4.69, 9.17) is 9.05 Å². The van der Waals surface area contributed by atoms with Crippen molar-refractivity contribution in [1.82, 2.24) is 4.90 Å². The first-order valence-corrected chi connectivity index (χ1v) is 13.8. The molecular weight excluding hydrogens is 385 g/mol. The van der Waals surface area contributed by atoms with E-state index in [2.05, 4.69) is 32.6 Å². The minimum Gasteiger partial charge on any atom is -0.337 e. The average Bonchev–Trinajstić information content (AvgIpc) is 2.70. The van der Waals surface area contributed by atoms with E-state index in [9.17, 15) is 9.36 Å². The van der Waals surface area contributed by atoms with Crippen LogP contribution in [-0.2, 0) is 18.4 Å². The van der Waals surface area contributed by atoms with Gasteiger partial charge in [-0.2, -0.15) is 0 Å². The van der Waals surface area contributed by atoms with Crippen molar-refractivity contribution in [3.63, 3.8) is 0 Å². The Bertz CT molecular complexity index is 430. The van der Waals surface area contributed by atoms with E-state index < -0.39 is 7.60 Å². The second-order valence-corrected chi connectivity index (χ2v) is 10.0. The SMILES string of the molecule is CCCCCC(CC)N(C(=O)CCP(=O)(OCC)OCC)C(CC)CCCCC. The van der Waals surface area contributed by atoms with Crippen molar-refractivity contribution < 1.29 is 18.4 Å². The van der Waals surface area contributed by atoms with Crippen molar-refractivity contribution in [2.75, 3.05) is 19.4 Å². The normalized spacial score (nSPS) is 14.0. The third kappa shape index (κ3) is 11.5. The molecule has 0 aromatic rings. The van der Waals surface area contributed by atoms with Gasteiger partial charge in [0.05, 0.1) is 19.4 Å². The van der Waals surface area contributed by atoms with Crippen LogP contribution in [-0.4, -0.2) is 42.3 Å². The summed E-state index contributed by atoms with van der Waals surface area (Å²) in [6.45, 7) is 13.1. The molecule has 2 unspecified atom stereocenters. The zero-order valence-corrected chi connectivity index (χ0v) is 21.0. The zero-order valence-electron chi connectivity index (χ0n) is 20.1. The van der Waals surface area contributed by atoms with E-state index in [0.29, 0.717) is 13.2 Å². The fraction of sp³-hybridized carbons (Fsp3) is 0.957. The Hall–Kier alpha value is -0.380.